The Morgan fingerprint density at radius 1 is 1.20 bits per heavy atom. The minimum atomic E-state index is -0.477. The lowest BCUT2D eigenvalue weighted by molar-refractivity contribution is 0.100. The lowest BCUT2D eigenvalue weighted by Gasteiger charge is -2.11. The van der Waals surface area contributed by atoms with E-state index in [2.05, 4.69) is 30.4 Å². The molecule has 2 aromatic rings. The van der Waals surface area contributed by atoms with E-state index >= 15 is 0 Å². The molecule has 0 heterocycles. The van der Waals surface area contributed by atoms with E-state index in [0.29, 0.717) is 11.3 Å². The zero-order chi connectivity index (χ0) is 14.5. The van der Waals surface area contributed by atoms with Gasteiger partial charge in [-0.15, -0.1) is 0 Å². The van der Waals surface area contributed by atoms with E-state index < -0.39 is 5.91 Å². The van der Waals surface area contributed by atoms with Crippen LogP contribution in [0.1, 0.15) is 21.5 Å². The molecule has 0 bridgehead atoms. The number of nitrogens with two attached hydrogens (primary N) is 2. The number of benzene rings is 2. The summed E-state index contributed by atoms with van der Waals surface area (Å²) in [7, 11) is 0. The van der Waals surface area contributed by atoms with Gasteiger partial charge in [-0.25, -0.2) is 0 Å². The summed E-state index contributed by atoms with van der Waals surface area (Å²) >= 11 is 0. The Hall–Kier alpha value is -2.49. The van der Waals surface area contributed by atoms with Crippen LogP contribution >= 0.6 is 0 Å². The summed E-state index contributed by atoms with van der Waals surface area (Å²) in [6, 6.07) is 13.5. The van der Waals surface area contributed by atoms with E-state index in [1.165, 1.54) is 11.1 Å². The fraction of sp³-hybridized carbons (Fsp3) is 0.188. The van der Waals surface area contributed by atoms with Crippen molar-refractivity contribution in [3.8, 4) is 0 Å². The normalized spacial score (nSPS) is 10.2. The van der Waals surface area contributed by atoms with Crippen LogP contribution in [0, 0.1) is 6.92 Å². The Bertz CT molecular complexity index is 623. The molecule has 5 N–H and O–H groups in total. The van der Waals surface area contributed by atoms with Gasteiger partial charge >= 0.3 is 0 Å². The Morgan fingerprint density at radius 2 is 2.00 bits per heavy atom. The Kier molecular flexibility index (Phi) is 4.25. The number of anilines is 2. The highest BCUT2D eigenvalue weighted by atomic mass is 16.1. The molecule has 1 amide bonds. The van der Waals surface area contributed by atoms with Crippen molar-refractivity contribution in [1.29, 1.82) is 0 Å². The van der Waals surface area contributed by atoms with Gasteiger partial charge in [0, 0.05) is 17.9 Å². The first-order valence-electron chi connectivity index (χ1n) is 6.55. The van der Waals surface area contributed by atoms with E-state index in [0.717, 1.165) is 18.7 Å². The van der Waals surface area contributed by atoms with E-state index in [4.69, 9.17) is 11.5 Å². The summed E-state index contributed by atoms with van der Waals surface area (Å²) in [5.74, 6) is -0.477. The van der Waals surface area contributed by atoms with Crippen LogP contribution in [0.25, 0.3) is 0 Å². The molecule has 0 fully saturated rings. The van der Waals surface area contributed by atoms with Crippen LogP contribution in [-0.4, -0.2) is 12.5 Å². The zero-order valence-electron chi connectivity index (χ0n) is 11.5. The quantitative estimate of drug-likeness (QED) is 0.729. The maximum atomic E-state index is 11.4. The zero-order valence-corrected chi connectivity index (χ0v) is 11.5. The summed E-state index contributed by atoms with van der Waals surface area (Å²) in [6.07, 6.45) is 0.879. The second-order valence-corrected chi connectivity index (χ2v) is 4.84. The van der Waals surface area contributed by atoms with Crippen molar-refractivity contribution < 1.29 is 4.79 Å². The first-order valence-corrected chi connectivity index (χ1v) is 6.55. The summed E-state index contributed by atoms with van der Waals surface area (Å²) < 4.78 is 0. The van der Waals surface area contributed by atoms with Crippen LogP contribution in [0.3, 0.4) is 0 Å². The minimum Gasteiger partial charge on any atom is -0.399 e. The van der Waals surface area contributed by atoms with Gasteiger partial charge in [-0.3, -0.25) is 4.79 Å². The van der Waals surface area contributed by atoms with Crippen LogP contribution < -0.4 is 16.8 Å². The SMILES string of the molecule is Cc1cccc(CCNc2ccc(N)cc2C(N)=O)c1. The third-order valence-electron chi connectivity index (χ3n) is 3.12. The third kappa shape index (κ3) is 3.51. The molecule has 0 aliphatic rings. The molecule has 0 unspecified atom stereocenters. The highest BCUT2D eigenvalue weighted by Gasteiger charge is 2.08. The minimum absolute atomic E-state index is 0.425. The molecule has 0 aliphatic carbocycles. The molecular formula is C16H19N3O. The van der Waals surface area contributed by atoms with E-state index in [1.807, 2.05) is 6.07 Å². The van der Waals surface area contributed by atoms with Crippen LogP contribution in [0.2, 0.25) is 0 Å². The molecule has 0 saturated carbocycles. The fourth-order valence-corrected chi connectivity index (χ4v) is 2.13. The number of nitrogens with one attached hydrogen (secondary N) is 1. The predicted molar refractivity (Wildman–Crippen MR) is 82.7 cm³/mol. The monoisotopic (exact) mass is 269 g/mol. The molecular weight excluding hydrogens is 250 g/mol. The Balaban J connectivity index is 2.02. The van der Waals surface area contributed by atoms with E-state index in [-0.39, 0.29) is 0 Å². The van der Waals surface area contributed by atoms with Gasteiger partial charge in [0.15, 0.2) is 0 Å². The second kappa shape index (κ2) is 6.10. The van der Waals surface area contributed by atoms with E-state index in [9.17, 15) is 4.79 Å². The lowest BCUT2D eigenvalue weighted by atomic mass is 10.1. The maximum Gasteiger partial charge on any atom is 0.250 e. The smallest absolute Gasteiger partial charge is 0.250 e. The molecule has 4 nitrogen and oxygen atoms in total. The third-order valence-corrected chi connectivity index (χ3v) is 3.12. The molecule has 0 radical (unpaired) electrons. The average Bonchev–Trinajstić information content (AvgIpc) is 2.40. The van der Waals surface area contributed by atoms with Crippen molar-refractivity contribution in [1.82, 2.24) is 0 Å². The number of carbonyl (C=O) groups excluding carboxylic acids is 1. The van der Waals surface area contributed by atoms with Gasteiger partial charge in [-0.05, 0) is 37.1 Å². The van der Waals surface area contributed by atoms with Crippen molar-refractivity contribution in [2.24, 2.45) is 5.73 Å². The molecule has 2 rings (SSSR count). The highest BCUT2D eigenvalue weighted by molar-refractivity contribution is 5.99. The molecule has 2 aromatic carbocycles. The molecule has 0 spiro atoms. The number of primary amides is 1. The number of amides is 1. The van der Waals surface area contributed by atoms with E-state index in [1.54, 1.807) is 18.2 Å². The number of carbonyl (C=O) groups is 1. The summed E-state index contributed by atoms with van der Waals surface area (Å²) in [5, 5.41) is 3.23. The summed E-state index contributed by atoms with van der Waals surface area (Å²) in [6.45, 7) is 2.80. The maximum absolute atomic E-state index is 11.4. The topological polar surface area (TPSA) is 81.1 Å². The van der Waals surface area contributed by atoms with Crippen molar-refractivity contribution >= 4 is 17.3 Å². The number of aryl methyl sites for hydroxylation is 1. The standard InChI is InChI=1S/C16H19N3O/c1-11-3-2-4-12(9-11)7-8-19-15-6-5-13(17)10-14(15)16(18)20/h2-6,9-10,19H,7-8,17H2,1H3,(H2,18,20). The Morgan fingerprint density at radius 3 is 2.70 bits per heavy atom. The average molecular weight is 269 g/mol. The summed E-state index contributed by atoms with van der Waals surface area (Å²) in [5.41, 5.74) is 15.2. The van der Waals surface area contributed by atoms with Gasteiger partial charge in [0.1, 0.15) is 0 Å². The van der Waals surface area contributed by atoms with Crippen molar-refractivity contribution in [2.75, 3.05) is 17.6 Å². The van der Waals surface area contributed by atoms with Gasteiger partial charge in [-0.1, -0.05) is 29.8 Å². The first kappa shape index (κ1) is 13.9. The highest BCUT2D eigenvalue weighted by Crippen LogP contribution is 2.18. The lowest BCUT2D eigenvalue weighted by Crippen LogP contribution is -2.16. The predicted octanol–water partition coefficient (Wildman–Crippen LogP) is 2.33. The van der Waals surface area contributed by atoms with Gasteiger partial charge in [0.2, 0.25) is 0 Å². The van der Waals surface area contributed by atoms with Crippen molar-refractivity contribution in [2.45, 2.75) is 13.3 Å². The second-order valence-electron chi connectivity index (χ2n) is 4.84. The number of hydrogen-bond donors (Lipinski definition) is 3. The molecule has 104 valence electrons. The molecule has 0 atom stereocenters. The van der Waals surface area contributed by atoms with Crippen LogP contribution in [0.4, 0.5) is 11.4 Å². The number of nitrogen functional groups attached to an aromatic ring is 1. The Labute approximate surface area is 118 Å². The molecule has 0 saturated heterocycles. The van der Waals surface area contributed by atoms with Crippen molar-refractivity contribution in [3.63, 3.8) is 0 Å². The first-order chi connectivity index (χ1) is 9.56. The van der Waals surface area contributed by atoms with Gasteiger partial charge < -0.3 is 16.8 Å². The fourth-order valence-electron chi connectivity index (χ4n) is 2.13. The van der Waals surface area contributed by atoms with Crippen LogP contribution in [-0.2, 0) is 6.42 Å². The molecule has 4 heteroatoms. The summed E-state index contributed by atoms with van der Waals surface area (Å²) in [4.78, 5) is 11.4. The van der Waals surface area contributed by atoms with Gasteiger partial charge in [0.25, 0.3) is 5.91 Å². The molecule has 20 heavy (non-hydrogen) atoms. The molecule has 0 aliphatic heterocycles. The van der Waals surface area contributed by atoms with Gasteiger partial charge in [-0.2, -0.15) is 0 Å². The van der Waals surface area contributed by atoms with Crippen LogP contribution in [0.15, 0.2) is 42.5 Å². The number of hydrogen-bond acceptors (Lipinski definition) is 3. The van der Waals surface area contributed by atoms with Crippen LogP contribution in [0.5, 0.6) is 0 Å². The largest absolute Gasteiger partial charge is 0.399 e. The van der Waals surface area contributed by atoms with Gasteiger partial charge in [0.05, 0.1) is 5.56 Å². The number of rotatable bonds is 5. The molecule has 0 aromatic heterocycles. The van der Waals surface area contributed by atoms with Crippen molar-refractivity contribution in [3.05, 3.63) is 59.2 Å².